The first-order chi connectivity index (χ1) is 10.6. The summed E-state index contributed by atoms with van der Waals surface area (Å²) >= 11 is 11.8. The van der Waals surface area contributed by atoms with Crippen molar-refractivity contribution in [3.63, 3.8) is 0 Å². The van der Waals surface area contributed by atoms with Crippen LogP contribution in [-0.2, 0) is 0 Å². The van der Waals surface area contributed by atoms with Crippen LogP contribution in [0.2, 0.25) is 10.0 Å². The Labute approximate surface area is 142 Å². The van der Waals surface area contributed by atoms with Gasteiger partial charge < -0.3 is 15.5 Å². The van der Waals surface area contributed by atoms with Gasteiger partial charge in [-0.05, 0) is 50.9 Å². The summed E-state index contributed by atoms with van der Waals surface area (Å²) in [6, 6.07) is 5.48. The van der Waals surface area contributed by atoms with Crippen LogP contribution < -0.4 is 10.6 Å². The molecule has 0 saturated carbocycles. The summed E-state index contributed by atoms with van der Waals surface area (Å²) in [7, 11) is 0. The molecular weight excluding hydrogens is 321 g/mol. The van der Waals surface area contributed by atoms with E-state index in [4.69, 9.17) is 23.2 Å². The fraction of sp³-hybridized carbons (Fsp3) is 0.562. The number of hydrogen-bond acceptors (Lipinski definition) is 2. The highest BCUT2D eigenvalue weighted by atomic mass is 35.5. The van der Waals surface area contributed by atoms with Gasteiger partial charge in [0.2, 0.25) is 0 Å². The number of nitrogens with zero attached hydrogens (tertiary/aromatic N) is 1. The van der Waals surface area contributed by atoms with Gasteiger partial charge in [-0.15, -0.1) is 0 Å². The van der Waals surface area contributed by atoms with Crippen molar-refractivity contribution in [2.75, 3.05) is 25.0 Å². The first kappa shape index (κ1) is 17.4. The van der Waals surface area contributed by atoms with Gasteiger partial charge in [0.15, 0.2) is 0 Å². The van der Waals surface area contributed by atoms with Crippen molar-refractivity contribution in [2.24, 2.45) is 0 Å². The minimum absolute atomic E-state index is 0.218. The molecule has 2 amide bonds. The van der Waals surface area contributed by atoms with E-state index in [2.05, 4.69) is 22.5 Å². The molecule has 2 N–H and O–H groups in total. The van der Waals surface area contributed by atoms with Gasteiger partial charge in [-0.1, -0.05) is 29.6 Å². The van der Waals surface area contributed by atoms with Gasteiger partial charge in [0, 0.05) is 24.8 Å². The lowest BCUT2D eigenvalue weighted by Crippen LogP contribution is -2.39. The number of urea groups is 1. The molecule has 6 heteroatoms. The number of nitrogens with one attached hydrogen (secondary N) is 2. The first-order valence-electron chi connectivity index (χ1n) is 7.80. The molecule has 0 aromatic heterocycles. The molecule has 1 aromatic rings. The maximum atomic E-state index is 11.8. The van der Waals surface area contributed by atoms with E-state index in [0.717, 1.165) is 13.0 Å². The molecule has 0 bridgehead atoms. The molecule has 1 fully saturated rings. The number of hydrogen-bond donors (Lipinski definition) is 2. The Morgan fingerprint density at radius 3 is 2.86 bits per heavy atom. The first-order valence-corrected chi connectivity index (χ1v) is 8.56. The topological polar surface area (TPSA) is 44.4 Å². The Bertz CT molecular complexity index is 510. The van der Waals surface area contributed by atoms with Crippen LogP contribution in [0.5, 0.6) is 0 Å². The number of amides is 2. The minimum Gasteiger partial charge on any atom is -0.338 e. The third kappa shape index (κ3) is 5.34. The van der Waals surface area contributed by atoms with E-state index < -0.39 is 0 Å². The molecule has 0 unspecified atom stereocenters. The summed E-state index contributed by atoms with van der Waals surface area (Å²) in [5.74, 6) is 0. The standard InChI is InChI=1S/C16H23Cl2N3O/c1-12-5-2-3-9-21(12)10-4-8-19-16(22)20-13-6-7-14(17)15(18)11-13/h6-7,11-12H,2-5,8-10H2,1H3,(H2,19,20,22)/t12-/m0/s1. The average molecular weight is 344 g/mol. The van der Waals surface area contributed by atoms with E-state index in [1.165, 1.54) is 25.8 Å². The molecule has 0 spiro atoms. The second kappa shape index (κ2) is 8.61. The third-order valence-electron chi connectivity index (χ3n) is 4.03. The summed E-state index contributed by atoms with van der Waals surface area (Å²) in [5.41, 5.74) is 0.636. The van der Waals surface area contributed by atoms with Crippen molar-refractivity contribution < 1.29 is 4.79 Å². The number of piperidine rings is 1. The van der Waals surface area contributed by atoms with Crippen LogP contribution in [0, 0.1) is 0 Å². The molecule has 1 aromatic carbocycles. The monoisotopic (exact) mass is 343 g/mol. The lowest BCUT2D eigenvalue weighted by atomic mass is 10.0. The zero-order valence-electron chi connectivity index (χ0n) is 12.9. The number of likely N-dealkylation sites (tertiary alicyclic amines) is 1. The van der Waals surface area contributed by atoms with E-state index >= 15 is 0 Å². The molecule has 1 aliphatic heterocycles. The number of rotatable bonds is 5. The van der Waals surface area contributed by atoms with Crippen molar-refractivity contribution in [3.8, 4) is 0 Å². The van der Waals surface area contributed by atoms with Gasteiger partial charge in [-0.3, -0.25) is 0 Å². The highest BCUT2D eigenvalue weighted by molar-refractivity contribution is 6.42. The van der Waals surface area contributed by atoms with Crippen LogP contribution in [0.4, 0.5) is 10.5 Å². The highest BCUT2D eigenvalue weighted by Gasteiger charge is 2.17. The zero-order chi connectivity index (χ0) is 15.9. The molecule has 22 heavy (non-hydrogen) atoms. The molecule has 4 nitrogen and oxygen atoms in total. The van der Waals surface area contributed by atoms with Gasteiger partial charge in [0.25, 0.3) is 0 Å². The predicted octanol–water partition coefficient (Wildman–Crippen LogP) is 4.38. The van der Waals surface area contributed by atoms with Crippen LogP contribution in [0.15, 0.2) is 18.2 Å². The smallest absolute Gasteiger partial charge is 0.319 e. The van der Waals surface area contributed by atoms with E-state index in [9.17, 15) is 4.79 Å². The van der Waals surface area contributed by atoms with Crippen LogP contribution in [0.3, 0.4) is 0 Å². The number of carbonyl (C=O) groups excluding carboxylic acids is 1. The Hall–Kier alpha value is -0.970. The molecule has 1 aliphatic rings. The lowest BCUT2D eigenvalue weighted by Gasteiger charge is -2.33. The van der Waals surface area contributed by atoms with Crippen LogP contribution in [0.25, 0.3) is 0 Å². The van der Waals surface area contributed by atoms with Gasteiger partial charge in [0.05, 0.1) is 10.0 Å². The molecular formula is C16H23Cl2N3O. The molecule has 1 atom stereocenters. The third-order valence-corrected chi connectivity index (χ3v) is 4.76. The second-order valence-electron chi connectivity index (χ2n) is 5.74. The van der Waals surface area contributed by atoms with Crippen LogP contribution >= 0.6 is 23.2 Å². The van der Waals surface area contributed by atoms with E-state index in [0.29, 0.717) is 28.3 Å². The predicted molar refractivity (Wildman–Crippen MR) is 93.0 cm³/mol. The fourth-order valence-electron chi connectivity index (χ4n) is 2.72. The maximum absolute atomic E-state index is 11.8. The van der Waals surface area contributed by atoms with Crippen molar-refractivity contribution in [2.45, 2.75) is 38.6 Å². The Kier molecular flexibility index (Phi) is 6.80. The maximum Gasteiger partial charge on any atom is 0.319 e. The van der Waals surface area contributed by atoms with E-state index in [-0.39, 0.29) is 6.03 Å². The minimum atomic E-state index is -0.218. The Balaban J connectivity index is 1.66. The Morgan fingerprint density at radius 1 is 1.32 bits per heavy atom. The van der Waals surface area contributed by atoms with Gasteiger partial charge in [0.1, 0.15) is 0 Å². The van der Waals surface area contributed by atoms with Crippen molar-refractivity contribution in [1.82, 2.24) is 10.2 Å². The molecule has 122 valence electrons. The van der Waals surface area contributed by atoms with Crippen LogP contribution in [0.1, 0.15) is 32.6 Å². The molecule has 1 saturated heterocycles. The largest absolute Gasteiger partial charge is 0.338 e. The molecule has 1 heterocycles. The SMILES string of the molecule is C[C@H]1CCCCN1CCCNC(=O)Nc1ccc(Cl)c(Cl)c1. The normalized spacial score (nSPS) is 19.0. The molecule has 2 rings (SSSR count). The van der Waals surface area contributed by atoms with Gasteiger partial charge in [-0.25, -0.2) is 4.79 Å². The Morgan fingerprint density at radius 2 is 2.14 bits per heavy atom. The molecule has 0 radical (unpaired) electrons. The summed E-state index contributed by atoms with van der Waals surface area (Å²) in [6.45, 7) is 5.16. The van der Waals surface area contributed by atoms with Crippen molar-refractivity contribution in [3.05, 3.63) is 28.2 Å². The van der Waals surface area contributed by atoms with E-state index in [1.807, 2.05) is 0 Å². The van der Waals surface area contributed by atoms with E-state index in [1.54, 1.807) is 18.2 Å². The zero-order valence-corrected chi connectivity index (χ0v) is 14.4. The summed E-state index contributed by atoms with van der Waals surface area (Å²) in [6.07, 6.45) is 4.86. The van der Waals surface area contributed by atoms with Crippen molar-refractivity contribution in [1.29, 1.82) is 0 Å². The van der Waals surface area contributed by atoms with Gasteiger partial charge in [-0.2, -0.15) is 0 Å². The fourth-order valence-corrected chi connectivity index (χ4v) is 3.02. The summed E-state index contributed by atoms with van der Waals surface area (Å²) < 4.78 is 0. The highest BCUT2D eigenvalue weighted by Crippen LogP contribution is 2.24. The number of halogens is 2. The van der Waals surface area contributed by atoms with Crippen LogP contribution in [-0.4, -0.2) is 36.6 Å². The van der Waals surface area contributed by atoms with Crippen molar-refractivity contribution >= 4 is 34.9 Å². The number of anilines is 1. The number of benzene rings is 1. The second-order valence-corrected chi connectivity index (χ2v) is 6.56. The summed E-state index contributed by atoms with van der Waals surface area (Å²) in [4.78, 5) is 14.3. The quantitative estimate of drug-likeness (QED) is 0.779. The summed E-state index contributed by atoms with van der Waals surface area (Å²) in [5, 5.41) is 6.52. The lowest BCUT2D eigenvalue weighted by molar-refractivity contribution is 0.159. The molecule has 0 aliphatic carbocycles. The number of carbonyl (C=O) groups is 1. The van der Waals surface area contributed by atoms with Gasteiger partial charge >= 0.3 is 6.03 Å². The average Bonchev–Trinajstić information content (AvgIpc) is 2.49.